The van der Waals surface area contributed by atoms with Crippen molar-refractivity contribution in [3.8, 4) is 0 Å². The number of nitro benzene ring substituents is 1. The van der Waals surface area contributed by atoms with E-state index in [4.69, 9.17) is 9.84 Å². The van der Waals surface area contributed by atoms with Gasteiger partial charge in [0, 0.05) is 24.8 Å². The van der Waals surface area contributed by atoms with Crippen LogP contribution in [0.1, 0.15) is 5.56 Å². The summed E-state index contributed by atoms with van der Waals surface area (Å²) < 4.78 is 5.24. The van der Waals surface area contributed by atoms with Crippen molar-refractivity contribution in [2.75, 3.05) is 31.2 Å². The van der Waals surface area contributed by atoms with E-state index in [9.17, 15) is 10.1 Å². The van der Waals surface area contributed by atoms with Crippen molar-refractivity contribution < 1.29 is 14.8 Å². The summed E-state index contributed by atoms with van der Waals surface area (Å²) in [6.45, 7) is 2.52. The molecule has 0 bridgehead atoms. The lowest BCUT2D eigenvalue weighted by Crippen LogP contribution is -2.36. The summed E-state index contributed by atoms with van der Waals surface area (Å²) in [5.41, 5.74) is 1.20. The second-order valence-corrected chi connectivity index (χ2v) is 3.83. The van der Waals surface area contributed by atoms with Crippen molar-refractivity contribution >= 4 is 11.4 Å². The highest BCUT2D eigenvalue weighted by atomic mass is 16.6. The molecule has 6 heteroatoms. The van der Waals surface area contributed by atoms with E-state index in [2.05, 4.69) is 4.90 Å². The molecule has 0 atom stereocenters. The first-order valence-corrected chi connectivity index (χ1v) is 5.43. The van der Waals surface area contributed by atoms with Crippen molar-refractivity contribution in [3.05, 3.63) is 33.9 Å². The number of hydrogen-bond donors (Lipinski definition) is 1. The zero-order valence-electron chi connectivity index (χ0n) is 9.33. The Morgan fingerprint density at radius 2 is 2.12 bits per heavy atom. The molecular weight excluding hydrogens is 224 g/mol. The lowest BCUT2D eigenvalue weighted by Gasteiger charge is -2.29. The van der Waals surface area contributed by atoms with Crippen LogP contribution in [0.4, 0.5) is 11.4 Å². The average Bonchev–Trinajstić information content (AvgIpc) is 2.39. The van der Waals surface area contributed by atoms with Gasteiger partial charge in [0.15, 0.2) is 0 Å². The molecule has 1 fully saturated rings. The SMILES string of the molecule is O=[N+]([O-])c1ccc(N2CCOCC2)cc1CO. The minimum absolute atomic E-state index is 0.0375. The van der Waals surface area contributed by atoms with E-state index in [1.54, 1.807) is 12.1 Å². The molecule has 0 spiro atoms. The van der Waals surface area contributed by atoms with E-state index < -0.39 is 4.92 Å². The summed E-state index contributed by atoms with van der Waals surface area (Å²) in [4.78, 5) is 12.3. The monoisotopic (exact) mass is 238 g/mol. The van der Waals surface area contributed by atoms with Crippen LogP contribution in [0, 0.1) is 10.1 Å². The largest absolute Gasteiger partial charge is 0.391 e. The van der Waals surface area contributed by atoms with Gasteiger partial charge in [0.1, 0.15) is 0 Å². The first kappa shape index (κ1) is 11.8. The van der Waals surface area contributed by atoms with E-state index in [1.165, 1.54) is 6.07 Å². The highest BCUT2D eigenvalue weighted by molar-refractivity contribution is 5.55. The van der Waals surface area contributed by atoms with Gasteiger partial charge in [-0.05, 0) is 12.1 Å². The van der Waals surface area contributed by atoms with Crippen molar-refractivity contribution in [2.24, 2.45) is 0 Å². The Kier molecular flexibility index (Phi) is 3.55. The van der Waals surface area contributed by atoms with Gasteiger partial charge < -0.3 is 14.7 Å². The van der Waals surface area contributed by atoms with Gasteiger partial charge in [-0.15, -0.1) is 0 Å². The molecule has 1 aliphatic rings. The van der Waals surface area contributed by atoms with Crippen LogP contribution in [-0.2, 0) is 11.3 Å². The highest BCUT2D eigenvalue weighted by Crippen LogP contribution is 2.25. The fourth-order valence-corrected chi connectivity index (χ4v) is 1.89. The number of nitro groups is 1. The lowest BCUT2D eigenvalue weighted by atomic mass is 10.1. The summed E-state index contributed by atoms with van der Waals surface area (Å²) in [7, 11) is 0. The fraction of sp³-hybridized carbons (Fsp3) is 0.455. The predicted molar refractivity (Wildman–Crippen MR) is 62.1 cm³/mol. The Bertz CT molecular complexity index is 416. The second-order valence-electron chi connectivity index (χ2n) is 3.83. The number of hydrogen-bond acceptors (Lipinski definition) is 5. The molecule has 1 aromatic rings. The van der Waals surface area contributed by atoms with Gasteiger partial charge >= 0.3 is 0 Å². The fourth-order valence-electron chi connectivity index (χ4n) is 1.89. The number of anilines is 1. The smallest absolute Gasteiger partial charge is 0.275 e. The zero-order valence-corrected chi connectivity index (χ0v) is 9.33. The molecule has 1 N–H and O–H groups in total. The number of benzene rings is 1. The normalized spacial score (nSPS) is 15.9. The molecule has 17 heavy (non-hydrogen) atoms. The summed E-state index contributed by atoms with van der Waals surface area (Å²) in [5.74, 6) is 0. The minimum Gasteiger partial charge on any atom is -0.391 e. The molecule has 0 saturated carbocycles. The van der Waals surface area contributed by atoms with Crippen LogP contribution in [0.3, 0.4) is 0 Å². The van der Waals surface area contributed by atoms with E-state index in [-0.39, 0.29) is 12.3 Å². The maximum atomic E-state index is 10.7. The number of nitrogens with zero attached hydrogens (tertiary/aromatic N) is 2. The molecule has 1 aliphatic heterocycles. The maximum absolute atomic E-state index is 10.7. The molecule has 6 nitrogen and oxygen atoms in total. The first-order valence-electron chi connectivity index (χ1n) is 5.43. The Morgan fingerprint density at radius 1 is 1.41 bits per heavy atom. The average molecular weight is 238 g/mol. The molecule has 2 rings (SSSR count). The summed E-state index contributed by atoms with van der Waals surface area (Å²) >= 11 is 0. The van der Waals surface area contributed by atoms with Gasteiger partial charge in [0.25, 0.3) is 5.69 Å². The lowest BCUT2D eigenvalue weighted by molar-refractivity contribution is -0.385. The molecule has 0 aliphatic carbocycles. The van der Waals surface area contributed by atoms with Crippen LogP contribution in [0.2, 0.25) is 0 Å². The topological polar surface area (TPSA) is 75.8 Å². The van der Waals surface area contributed by atoms with E-state index in [0.29, 0.717) is 18.8 Å². The number of ether oxygens (including phenoxy) is 1. The van der Waals surface area contributed by atoms with Crippen LogP contribution < -0.4 is 4.90 Å². The third-order valence-corrected chi connectivity index (χ3v) is 2.81. The number of morpholine rings is 1. The van der Waals surface area contributed by atoms with E-state index in [0.717, 1.165) is 18.8 Å². The third-order valence-electron chi connectivity index (χ3n) is 2.81. The van der Waals surface area contributed by atoms with Crippen molar-refractivity contribution in [1.29, 1.82) is 0 Å². The Morgan fingerprint density at radius 3 is 2.71 bits per heavy atom. The molecule has 0 radical (unpaired) electrons. The van der Waals surface area contributed by atoms with Gasteiger partial charge in [-0.2, -0.15) is 0 Å². The molecule has 1 heterocycles. The molecule has 92 valence electrons. The Hall–Kier alpha value is -1.66. The van der Waals surface area contributed by atoms with Gasteiger partial charge in [-0.25, -0.2) is 0 Å². The molecule has 0 aromatic heterocycles. The quantitative estimate of drug-likeness (QED) is 0.626. The summed E-state index contributed by atoms with van der Waals surface area (Å²) in [6, 6.07) is 4.82. The molecule has 0 amide bonds. The first-order chi connectivity index (χ1) is 8.22. The molecule has 1 aromatic carbocycles. The molecule has 1 saturated heterocycles. The van der Waals surface area contributed by atoms with Crippen molar-refractivity contribution in [3.63, 3.8) is 0 Å². The summed E-state index contributed by atoms with van der Waals surface area (Å²) in [5, 5.41) is 19.9. The Balaban J connectivity index is 2.27. The van der Waals surface area contributed by atoms with Crippen molar-refractivity contribution in [1.82, 2.24) is 0 Å². The summed E-state index contributed by atoms with van der Waals surface area (Å²) in [6.07, 6.45) is 0. The van der Waals surface area contributed by atoms with E-state index in [1.807, 2.05) is 0 Å². The van der Waals surface area contributed by atoms with Crippen LogP contribution in [0.15, 0.2) is 18.2 Å². The van der Waals surface area contributed by atoms with Gasteiger partial charge in [0.05, 0.1) is 30.3 Å². The van der Waals surface area contributed by atoms with Crippen LogP contribution in [-0.4, -0.2) is 36.3 Å². The van der Waals surface area contributed by atoms with Gasteiger partial charge in [-0.1, -0.05) is 0 Å². The number of aliphatic hydroxyl groups is 1. The van der Waals surface area contributed by atoms with Crippen LogP contribution >= 0.6 is 0 Å². The second kappa shape index (κ2) is 5.11. The van der Waals surface area contributed by atoms with Gasteiger partial charge in [0.2, 0.25) is 0 Å². The zero-order chi connectivity index (χ0) is 12.3. The van der Waals surface area contributed by atoms with Crippen molar-refractivity contribution in [2.45, 2.75) is 6.61 Å². The number of rotatable bonds is 3. The van der Waals surface area contributed by atoms with Crippen LogP contribution in [0.25, 0.3) is 0 Å². The van der Waals surface area contributed by atoms with E-state index >= 15 is 0 Å². The highest BCUT2D eigenvalue weighted by Gasteiger charge is 2.17. The van der Waals surface area contributed by atoms with Gasteiger partial charge in [-0.3, -0.25) is 10.1 Å². The van der Waals surface area contributed by atoms with Crippen LogP contribution in [0.5, 0.6) is 0 Å². The minimum atomic E-state index is -0.478. The predicted octanol–water partition coefficient (Wildman–Crippen LogP) is 0.924. The standard InChI is InChI=1S/C11H14N2O4/c14-8-9-7-10(1-2-11(9)13(15)16)12-3-5-17-6-4-12/h1-2,7,14H,3-6,8H2. The Labute approximate surface area is 98.6 Å². The third kappa shape index (κ3) is 2.54. The molecule has 0 unspecified atom stereocenters. The number of aliphatic hydroxyl groups excluding tert-OH is 1. The molecular formula is C11H14N2O4. The maximum Gasteiger partial charge on any atom is 0.275 e.